The summed E-state index contributed by atoms with van der Waals surface area (Å²) in [7, 11) is 4.24. The summed E-state index contributed by atoms with van der Waals surface area (Å²) in [5.41, 5.74) is 5.77. The molecule has 0 spiro atoms. The van der Waals surface area contributed by atoms with Gasteiger partial charge in [0.05, 0.1) is 5.56 Å². The zero-order valence-corrected chi connectivity index (χ0v) is 11.5. The standard InChI is InChI=1S/C13H21N5O/c1-17-6-7-18(2)10(9-17)8-16-13-11(12(14)19)4-3-5-15-13/h3-5,10H,6-9H2,1-2H3,(H2,14,19)(H,15,16). The number of piperazine rings is 1. The first-order valence-electron chi connectivity index (χ1n) is 6.45. The molecule has 1 amide bonds. The molecule has 2 rings (SSSR count). The zero-order valence-electron chi connectivity index (χ0n) is 11.5. The van der Waals surface area contributed by atoms with E-state index in [1.165, 1.54) is 0 Å². The number of nitrogens with zero attached hydrogens (tertiary/aromatic N) is 3. The summed E-state index contributed by atoms with van der Waals surface area (Å²) in [4.78, 5) is 20.1. The lowest BCUT2D eigenvalue weighted by molar-refractivity contribution is 0.100. The van der Waals surface area contributed by atoms with E-state index in [0.717, 1.165) is 26.2 Å². The number of aromatic nitrogens is 1. The minimum absolute atomic E-state index is 0.404. The second kappa shape index (κ2) is 5.99. The van der Waals surface area contributed by atoms with Crippen molar-refractivity contribution < 1.29 is 4.79 Å². The molecule has 0 bridgehead atoms. The molecule has 6 heteroatoms. The van der Waals surface area contributed by atoms with Crippen molar-refractivity contribution in [3.8, 4) is 0 Å². The van der Waals surface area contributed by atoms with Gasteiger partial charge in [0.2, 0.25) is 0 Å². The molecule has 19 heavy (non-hydrogen) atoms. The number of hydrogen-bond acceptors (Lipinski definition) is 5. The van der Waals surface area contributed by atoms with Crippen LogP contribution in [0.2, 0.25) is 0 Å². The summed E-state index contributed by atoms with van der Waals surface area (Å²) in [6.07, 6.45) is 1.66. The van der Waals surface area contributed by atoms with Crippen molar-refractivity contribution in [2.24, 2.45) is 5.73 Å². The highest BCUT2D eigenvalue weighted by molar-refractivity contribution is 5.97. The molecule has 1 saturated heterocycles. The van der Waals surface area contributed by atoms with E-state index in [2.05, 4.69) is 34.2 Å². The lowest BCUT2D eigenvalue weighted by atomic mass is 10.1. The first-order valence-corrected chi connectivity index (χ1v) is 6.45. The first kappa shape index (κ1) is 13.8. The molecule has 1 aliphatic rings. The predicted molar refractivity (Wildman–Crippen MR) is 75.2 cm³/mol. The van der Waals surface area contributed by atoms with Gasteiger partial charge in [0.25, 0.3) is 5.91 Å². The second-order valence-corrected chi connectivity index (χ2v) is 5.04. The summed E-state index contributed by atoms with van der Waals surface area (Å²) in [6.45, 7) is 3.89. The number of rotatable bonds is 4. The van der Waals surface area contributed by atoms with Crippen LogP contribution in [0.3, 0.4) is 0 Å². The summed E-state index contributed by atoms with van der Waals surface area (Å²) in [6, 6.07) is 3.81. The molecular weight excluding hydrogens is 242 g/mol. The molecule has 0 aromatic carbocycles. The topological polar surface area (TPSA) is 74.5 Å². The van der Waals surface area contributed by atoms with E-state index in [1.54, 1.807) is 18.3 Å². The number of primary amides is 1. The van der Waals surface area contributed by atoms with Gasteiger partial charge in [0.1, 0.15) is 5.82 Å². The molecule has 1 atom stereocenters. The van der Waals surface area contributed by atoms with Gasteiger partial charge in [-0.25, -0.2) is 4.98 Å². The highest BCUT2D eigenvalue weighted by Crippen LogP contribution is 2.12. The van der Waals surface area contributed by atoms with Crippen molar-refractivity contribution in [2.45, 2.75) is 6.04 Å². The Morgan fingerprint density at radius 3 is 3.05 bits per heavy atom. The van der Waals surface area contributed by atoms with Crippen LogP contribution in [0, 0.1) is 0 Å². The average molecular weight is 263 g/mol. The molecule has 1 aromatic heterocycles. The van der Waals surface area contributed by atoms with Gasteiger partial charge in [-0.1, -0.05) is 0 Å². The summed E-state index contributed by atoms with van der Waals surface area (Å²) in [5, 5.41) is 3.24. The van der Waals surface area contributed by atoms with Crippen LogP contribution >= 0.6 is 0 Å². The normalized spacial score (nSPS) is 21.3. The maximum Gasteiger partial charge on any atom is 0.252 e. The number of carbonyl (C=O) groups is 1. The van der Waals surface area contributed by atoms with E-state index in [9.17, 15) is 4.79 Å². The molecule has 2 heterocycles. The molecule has 0 radical (unpaired) electrons. The number of nitrogens with two attached hydrogens (primary N) is 1. The van der Waals surface area contributed by atoms with E-state index in [1.807, 2.05) is 0 Å². The predicted octanol–water partition coefficient (Wildman–Crippen LogP) is -0.162. The third-order valence-corrected chi connectivity index (χ3v) is 3.56. The monoisotopic (exact) mass is 263 g/mol. The van der Waals surface area contributed by atoms with Gasteiger partial charge in [-0.15, -0.1) is 0 Å². The van der Waals surface area contributed by atoms with E-state index in [0.29, 0.717) is 17.4 Å². The molecule has 3 N–H and O–H groups in total. The lowest BCUT2D eigenvalue weighted by Gasteiger charge is -2.37. The molecular formula is C13H21N5O. The minimum Gasteiger partial charge on any atom is -0.368 e. The minimum atomic E-state index is -0.454. The average Bonchev–Trinajstić information content (AvgIpc) is 2.40. The zero-order chi connectivity index (χ0) is 13.8. The van der Waals surface area contributed by atoms with Crippen molar-refractivity contribution in [1.29, 1.82) is 0 Å². The van der Waals surface area contributed by atoms with Crippen molar-refractivity contribution in [2.75, 3.05) is 45.6 Å². The van der Waals surface area contributed by atoms with Crippen LogP contribution in [-0.2, 0) is 0 Å². The fourth-order valence-electron chi connectivity index (χ4n) is 2.28. The Balaban J connectivity index is 2.00. The lowest BCUT2D eigenvalue weighted by Crippen LogP contribution is -2.52. The number of nitrogens with one attached hydrogen (secondary N) is 1. The fraction of sp³-hybridized carbons (Fsp3) is 0.538. The first-order chi connectivity index (χ1) is 9.08. The van der Waals surface area contributed by atoms with E-state index in [-0.39, 0.29) is 0 Å². The van der Waals surface area contributed by atoms with E-state index >= 15 is 0 Å². The number of anilines is 1. The third-order valence-electron chi connectivity index (χ3n) is 3.56. The van der Waals surface area contributed by atoms with Gasteiger partial charge in [-0.2, -0.15) is 0 Å². The van der Waals surface area contributed by atoms with Crippen LogP contribution in [-0.4, -0.2) is 67.0 Å². The third kappa shape index (κ3) is 3.42. The van der Waals surface area contributed by atoms with Gasteiger partial charge in [0.15, 0.2) is 0 Å². The quantitative estimate of drug-likeness (QED) is 0.789. The second-order valence-electron chi connectivity index (χ2n) is 5.04. The number of amides is 1. The maximum absolute atomic E-state index is 11.3. The highest BCUT2D eigenvalue weighted by atomic mass is 16.1. The highest BCUT2D eigenvalue weighted by Gasteiger charge is 2.22. The van der Waals surface area contributed by atoms with Crippen LogP contribution in [0.4, 0.5) is 5.82 Å². The van der Waals surface area contributed by atoms with Crippen molar-refractivity contribution in [3.63, 3.8) is 0 Å². The van der Waals surface area contributed by atoms with E-state index in [4.69, 9.17) is 5.73 Å². The maximum atomic E-state index is 11.3. The molecule has 1 aliphatic heterocycles. The van der Waals surface area contributed by atoms with Crippen LogP contribution < -0.4 is 11.1 Å². The van der Waals surface area contributed by atoms with Crippen LogP contribution in [0.1, 0.15) is 10.4 Å². The summed E-state index contributed by atoms with van der Waals surface area (Å²) >= 11 is 0. The summed E-state index contributed by atoms with van der Waals surface area (Å²) < 4.78 is 0. The Morgan fingerprint density at radius 1 is 1.53 bits per heavy atom. The van der Waals surface area contributed by atoms with Crippen LogP contribution in [0.15, 0.2) is 18.3 Å². The Kier molecular flexibility index (Phi) is 4.34. The van der Waals surface area contributed by atoms with Crippen molar-refractivity contribution in [3.05, 3.63) is 23.9 Å². The Bertz CT molecular complexity index is 450. The number of carbonyl (C=O) groups excluding carboxylic acids is 1. The Labute approximate surface area is 113 Å². The Morgan fingerprint density at radius 2 is 2.32 bits per heavy atom. The number of pyridine rings is 1. The van der Waals surface area contributed by atoms with Crippen molar-refractivity contribution >= 4 is 11.7 Å². The molecule has 1 aromatic rings. The summed E-state index contributed by atoms with van der Waals surface area (Å²) in [5.74, 6) is 0.112. The molecule has 0 aliphatic carbocycles. The fourth-order valence-corrected chi connectivity index (χ4v) is 2.28. The van der Waals surface area contributed by atoms with Crippen molar-refractivity contribution in [1.82, 2.24) is 14.8 Å². The van der Waals surface area contributed by atoms with Gasteiger partial charge >= 0.3 is 0 Å². The SMILES string of the molecule is CN1CCN(C)C(CNc2ncccc2C(N)=O)C1. The number of likely N-dealkylation sites (N-methyl/N-ethyl adjacent to an activating group) is 2. The molecule has 1 fully saturated rings. The van der Waals surface area contributed by atoms with Gasteiger partial charge in [-0.3, -0.25) is 9.69 Å². The van der Waals surface area contributed by atoms with Crippen LogP contribution in [0.5, 0.6) is 0 Å². The van der Waals surface area contributed by atoms with E-state index < -0.39 is 5.91 Å². The van der Waals surface area contributed by atoms with Crippen LogP contribution in [0.25, 0.3) is 0 Å². The largest absolute Gasteiger partial charge is 0.368 e. The Hall–Kier alpha value is -1.66. The molecule has 1 unspecified atom stereocenters. The molecule has 6 nitrogen and oxygen atoms in total. The van der Waals surface area contributed by atoms with Gasteiger partial charge in [0, 0.05) is 38.4 Å². The molecule has 104 valence electrons. The smallest absolute Gasteiger partial charge is 0.252 e. The number of hydrogen-bond donors (Lipinski definition) is 2. The van der Waals surface area contributed by atoms with Gasteiger partial charge < -0.3 is 16.0 Å². The molecule has 0 saturated carbocycles. The van der Waals surface area contributed by atoms with Gasteiger partial charge in [-0.05, 0) is 26.2 Å².